The van der Waals surface area contributed by atoms with Crippen LogP contribution in [0, 0.1) is 0 Å². The van der Waals surface area contributed by atoms with Crippen LogP contribution in [0.4, 0.5) is 0 Å². The van der Waals surface area contributed by atoms with Gasteiger partial charge in [-0.05, 0) is 84.3 Å². The van der Waals surface area contributed by atoms with Crippen LogP contribution in [0.2, 0.25) is 0 Å². The van der Waals surface area contributed by atoms with Gasteiger partial charge >= 0.3 is 0 Å². The van der Waals surface area contributed by atoms with Crippen molar-refractivity contribution in [2.24, 2.45) is 0 Å². The van der Waals surface area contributed by atoms with Gasteiger partial charge in [-0.3, -0.25) is 4.79 Å². The number of aromatic amines is 1. The van der Waals surface area contributed by atoms with E-state index >= 15 is 0 Å². The number of morpholine rings is 1. The van der Waals surface area contributed by atoms with Crippen LogP contribution in [0.1, 0.15) is 45.8 Å². The number of H-pyrrole nitrogens is 1. The number of rotatable bonds is 3. The number of amides is 1. The highest BCUT2D eigenvalue weighted by Gasteiger charge is 2.29. The third kappa shape index (κ3) is 4.05. The minimum atomic E-state index is 0.0713. The molecule has 0 saturated carbocycles. The predicted molar refractivity (Wildman–Crippen MR) is 146 cm³/mol. The largest absolute Gasteiger partial charge is 0.378 e. The van der Waals surface area contributed by atoms with Crippen molar-refractivity contribution >= 4 is 16.9 Å². The molecule has 1 unspecified atom stereocenters. The van der Waals surface area contributed by atoms with Gasteiger partial charge in [-0.15, -0.1) is 0 Å². The number of aryl methyl sites for hydroxylation is 1. The first kappa shape index (κ1) is 22.7. The molecule has 188 valence electrons. The quantitative estimate of drug-likeness (QED) is 0.425. The summed E-state index contributed by atoms with van der Waals surface area (Å²) in [5, 5.41) is 1.10. The molecular formula is C31H32N4O2. The molecule has 7 rings (SSSR count). The van der Waals surface area contributed by atoms with E-state index in [4.69, 9.17) is 9.72 Å². The first-order valence-corrected chi connectivity index (χ1v) is 13.4. The smallest absolute Gasteiger partial charge is 0.254 e. The Bertz CT molecular complexity index is 1480. The van der Waals surface area contributed by atoms with E-state index in [-0.39, 0.29) is 5.91 Å². The molecule has 37 heavy (non-hydrogen) atoms. The summed E-state index contributed by atoms with van der Waals surface area (Å²) < 4.78 is 5.38. The summed E-state index contributed by atoms with van der Waals surface area (Å²) in [4.78, 5) is 25.3. The molecule has 2 aromatic heterocycles. The highest BCUT2D eigenvalue weighted by Crippen LogP contribution is 2.41. The second kappa shape index (κ2) is 9.12. The SMILES string of the molecule is CN1Cc2cc(-c3cnc4[nH]cc(-c5ccc(C(=O)N6CCOCC6)cc5)c4c3)cc3c2C(CCC3)C1. The van der Waals surface area contributed by atoms with Gasteiger partial charge in [0.2, 0.25) is 0 Å². The maximum Gasteiger partial charge on any atom is 0.254 e. The Kier molecular flexibility index (Phi) is 5.59. The van der Waals surface area contributed by atoms with Crippen LogP contribution in [0.15, 0.2) is 54.9 Å². The first-order chi connectivity index (χ1) is 18.1. The van der Waals surface area contributed by atoms with Crippen molar-refractivity contribution in [3.05, 3.63) is 77.1 Å². The third-order valence-corrected chi connectivity index (χ3v) is 8.34. The number of carbonyl (C=O) groups is 1. The molecule has 1 atom stereocenters. The van der Waals surface area contributed by atoms with E-state index in [0.717, 1.165) is 39.8 Å². The Morgan fingerprint density at radius 1 is 1.03 bits per heavy atom. The van der Waals surface area contributed by atoms with Crippen molar-refractivity contribution in [2.45, 2.75) is 31.7 Å². The molecule has 0 bridgehead atoms. The summed E-state index contributed by atoms with van der Waals surface area (Å²) in [6.07, 6.45) is 7.78. The normalized spacial score (nSPS) is 19.7. The Labute approximate surface area is 217 Å². The van der Waals surface area contributed by atoms with Gasteiger partial charge in [0.15, 0.2) is 0 Å². The molecule has 4 heterocycles. The molecular weight excluding hydrogens is 460 g/mol. The Balaban J connectivity index is 1.23. The molecule has 2 aromatic carbocycles. The lowest BCUT2D eigenvalue weighted by molar-refractivity contribution is 0.0303. The summed E-state index contributed by atoms with van der Waals surface area (Å²) in [5.41, 5.74) is 10.8. The van der Waals surface area contributed by atoms with E-state index in [1.165, 1.54) is 42.5 Å². The van der Waals surface area contributed by atoms with Gasteiger partial charge in [0.25, 0.3) is 5.91 Å². The van der Waals surface area contributed by atoms with Crippen molar-refractivity contribution in [3.63, 3.8) is 0 Å². The molecule has 1 amide bonds. The van der Waals surface area contributed by atoms with Gasteiger partial charge < -0.3 is 19.5 Å². The molecule has 2 aliphatic heterocycles. The first-order valence-electron chi connectivity index (χ1n) is 13.4. The van der Waals surface area contributed by atoms with Crippen LogP contribution < -0.4 is 0 Å². The molecule has 0 spiro atoms. The van der Waals surface area contributed by atoms with Crippen molar-refractivity contribution in [2.75, 3.05) is 39.9 Å². The molecule has 1 fully saturated rings. The monoisotopic (exact) mass is 492 g/mol. The van der Waals surface area contributed by atoms with Crippen molar-refractivity contribution in [1.82, 2.24) is 19.8 Å². The molecule has 1 N–H and O–H groups in total. The average molecular weight is 493 g/mol. The van der Waals surface area contributed by atoms with Crippen molar-refractivity contribution in [3.8, 4) is 22.3 Å². The van der Waals surface area contributed by atoms with E-state index in [0.29, 0.717) is 32.2 Å². The fourth-order valence-electron chi connectivity index (χ4n) is 6.55. The van der Waals surface area contributed by atoms with Gasteiger partial charge in [0.05, 0.1) is 13.2 Å². The lowest BCUT2D eigenvalue weighted by atomic mass is 9.76. The van der Waals surface area contributed by atoms with E-state index in [1.807, 2.05) is 41.6 Å². The fraction of sp³-hybridized carbons (Fsp3) is 0.355. The summed E-state index contributed by atoms with van der Waals surface area (Å²) in [5.74, 6) is 0.753. The summed E-state index contributed by atoms with van der Waals surface area (Å²) in [6, 6.07) is 15.0. The van der Waals surface area contributed by atoms with Gasteiger partial charge in [-0.1, -0.05) is 18.2 Å². The minimum absolute atomic E-state index is 0.0713. The maximum absolute atomic E-state index is 12.9. The number of hydrogen-bond donors (Lipinski definition) is 1. The number of ether oxygens (including phenoxy) is 1. The topological polar surface area (TPSA) is 61.5 Å². The van der Waals surface area contributed by atoms with E-state index < -0.39 is 0 Å². The third-order valence-electron chi connectivity index (χ3n) is 8.34. The molecule has 1 saturated heterocycles. The van der Waals surface area contributed by atoms with Gasteiger partial charge in [-0.2, -0.15) is 0 Å². The molecule has 6 nitrogen and oxygen atoms in total. The van der Waals surface area contributed by atoms with Gasteiger partial charge in [0, 0.05) is 60.6 Å². The molecule has 6 heteroatoms. The molecule has 3 aliphatic rings. The molecule has 1 aliphatic carbocycles. The lowest BCUT2D eigenvalue weighted by Gasteiger charge is -2.37. The number of likely N-dealkylation sites (N-methyl/N-ethyl adjacent to an activating group) is 1. The number of aromatic nitrogens is 2. The standard InChI is InChI=1S/C31H32N4O2/c1-34-18-23-4-2-3-22-13-24(14-26(19-34)29(22)23)25-15-27-28(17-33-30(27)32-16-25)20-5-7-21(8-6-20)31(36)35-9-11-37-12-10-35/h5-8,13-17,23H,2-4,9-12,18-19H2,1H3,(H,32,33). The van der Waals surface area contributed by atoms with E-state index in [2.05, 4.69) is 35.1 Å². The van der Waals surface area contributed by atoms with E-state index in [9.17, 15) is 4.79 Å². The van der Waals surface area contributed by atoms with Gasteiger partial charge in [-0.25, -0.2) is 4.98 Å². The average Bonchev–Trinajstić information content (AvgIpc) is 3.36. The number of hydrogen-bond acceptors (Lipinski definition) is 4. The van der Waals surface area contributed by atoms with Crippen LogP contribution in [0.3, 0.4) is 0 Å². The van der Waals surface area contributed by atoms with Crippen LogP contribution in [-0.2, 0) is 17.7 Å². The fourth-order valence-corrected chi connectivity index (χ4v) is 6.55. The van der Waals surface area contributed by atoms with Crippen LogP contribution in [0.25, 0.3) is 33.3 Å². The Morgan fingerprint density at radius 3 is 2.68 bits per heavy atom. The number of nitrogens with zero attached hydrogens (tertiary/aromatic N) is 3. The molecule has 0 radical (unpaired) electrons. The zero-order chi connectivity index (χ0) is 24.9. The highest BCUT2D eigenvalue weighted by atomic mass is 16.5. The summed E-state index contributed by atoms with van der Waals surface area (Å²) in [7, 11) is 2.24. The van der Waals surface area contributed by atoms with Gasteiger partial charge in [0.1, 0.15) is 5.65 Å². The summed E-state index contributed by atoms with van der Waals surface area (Å²) in [6.45, 7) is 4.72. The van der Waals surface area contributed by atoms with Crippen molar-refractivity contribution in [1.29, 1.82) is 0 Å². The zero-order valence-corrected chi connectivity index (χ0v) is 21.3. The highest BCUT2D eigenvalue weighted by molar-refractivity contribution is 5.98. The Morgan fingerprint density at radius 2 is 1.84 bits per heavy atom. The number of pyridine rings is 1. The van der Waals surface area contributed by atoms with Crippen LogP contribution in [-0.4, -0.2) is 65.6 Å². The minimum Gasteiger partial charge on any atom is -0.378 e. The molecule has 4 aromatic rings. The van der Waals surface area contributed by atoms with Crippen LogP contribution >= 0.6 is 0 Å². The van der Waals surface area contributed by atoms with Crippen molar-refractivity contribution < 1.29 is 9.53 Å². The van der Waals surface area contributed by atoms with E-state index in [1.54, 1.807) is 5.56 Å². The predicted octanol–water partition coefficient (Wildman–Crippen LogP) is 5.23. The number of fused-ring (bicyclic) bond motifs is 1. The Hall–Kier alpha value is -3.48. The second-order valence-electron chi connectivity index (χ2n) is 10.8. The zero-order valence-electron chi connectivity index (χ0n) is 21.3. The van der Waals surface area contributed by atoms with Crippen LogP contribution in [0.5, 0.6) is 0 Å². The second-order valence-corrected chi connectivity index (χ2v) is 10.8. The lowest BCUT2D eigenvalue weighted by Crippen LogP contribution is -2.40. The number of benzene rings is 2. The summed E-state index contributed by atoms with van der Waals surface area (Å²) >= 11 is 0. The number of nitrogens with one attached hydrogen (secondary N) is 1. The number of carbonyl (C=O) groups excluding carboxylic acids is 1. The maximum atomic E-state index is 12.9.